The summed E-state index contributed by atoms with van der Waals surface area (Å²) in [5.41, 5.74) is 7.11. The van der Waals surface area contributed by atoms with Gasteiger partial charge in [-0.2, -0.15) is 4.98 Å². The lowest BCUT2D eigenvalue weighted by molar-refractivity contribution is -0.157. The van der Waals surface area contributed by atoms with E-state index in [1.54, 1.807) is 10.9 Å². The molecule has 2 aromatic heterocycles. The number of ether oxygens (including phenoxy) is 3. The Hall–Kier alpha value is -2.40. The Kier molecular flexibility index (Phi) is 24.7. The van der Waals surface area contributed by atoms with E-state index in [9.17, 15) is 9.59 Å². The van der Waals surface area contributed by atoms with E-state index in [1.165, 1.54) is 114 Å². The lowest BCUT2D eigenvalue weighted by Gasteiger charge is -2.18. The second kappa shape index (κ2) is 28.3. The molecule has 0 saturated heterocycles. The molecule has 2 heterocycles. The van der Waals surface area contributed by atoms with Gasteiger partial charge < -0.3 is 19.9 Å². The molecule has 0 spiro atoms. The van der Waals surface area contributed by atoms with Gasteiger partial charge in [0.05, 0.1) is 6.33 Å². The van der Waals surface area contributed by atoms with Gasteiger partial charge in [0.25, 0.3) is 0 Å². The van der Waals surface area contributed by atoms with E-state index < -0.39 is 6.10 Å². The molecule has 0 aliphatic carbocycles. The number of esters is 2. The fourth-order valence-corrected chi connectivity index (χ4v) is 6.41. The number of unbranched alkanes of at least 4 members (excludes halogenated alkanes) is 20. The normalized spacial score (nSPS) is 11.5. The van der Waals surface area contributed by atoms with Crippen LogP contribution in [0.1, 0.15) is 168 Å². The van der Waals surface area contributed by atoms with E-state index >= 15 is 0 Å². The quantitative estimate of drug-likeness (QED) is 0.0339. The number of hydrogen-bond donors (Lipinski definition) is 1. The number of nitrogens with two attached hydrogens (primary N) is 1. The van der Waals surface area contributed by atoms with Gasteiger partial charge in [-0.25, -0.2) is 9.97 Å². The van der Waals surface area contributed by atoms with Crippen molar-refractivity contribution in [2.45, 2.75) is 186 Å². The summed E-state index contributed by atoms with van der Waals surface area (Å²) in [6.07, 6.45) is 30.6. The zero-order valence-electron chi connectivity index (χ0n) is 31.1. The maximum Gasteiger partial charge on any atom is 0.305 e. The molecule has 0 amide bonds. The van der Waals surface area contributed by atoms with Gasteiger partial charge in [-0.1, -0.05) is 142 Å². The van der Waals surface area contributed by atoms with E-state index in [4.69, 9.17) is 19.9 Å². The van der Waals surface area contributed by atoms with Crippen molar-refractivity contribution in [3.63, 3.8) is 0 Å². The highest BCUT2D eigenvalue weighted by Crippen LogP contribution is 2.23. The largest absolute Gasteiger partial charge is 0.463 e. The highest BCUT2D eigenvalue weighted by molar-refractivity contribution is 7.98. The first-order valence-corrected chi connectivity index (χ1v) is 20.7. The van der Waals surface area contributed by atoms with Gasteiger partial charge in [0.2, 0.25) is 5.95 Å². The summed E-state index contributed by atoms with van der Waals surface area (Å²) >= 11 is 1.44. The summed E-state index contributed by atoms with van der Waals surface area (Å²) in [6.45, 7) is 4.58. The van der Waals surface area contributed by atoms with Crippen molar-refractivity contribution in [1.29, 1.82) is 0 Å². The second-order valence-electron chi connectivity index (χ2n) is 13.3. The van der Waals surface area contributed by atoms with E-state index in [0.717, 1.165) is 38.5 Å². The maximum atomic E-state index is 12.6. The van der Waals surface area contributed by atoms with Crippen LogP contribution in [0, 0.1) is 0 Å². The third-order valence-electron chi connectivity index (χ3n) is 8.92. The van der Waals surface area contributed by atoms with Gasteiger partial charge in [0.15, 0.2) is 5.65 Å². The van der Waals surface area contributed by atoms with Crippen LogP contribution in [0.4, 0.5) is 5.95 Å². The highest BCUT2D eigenvalue weighted by Gasteiger charge is 2.18. The minimum absolute atomic E-state index is 0.00238. The number of nitrogens with zero attached hydrogens (tertiary/aromatic N) is 4. The predicted molar refractivity (Wildman–Crippen MR) is 200 cm³/mol. The smallest absolute Gasteiger partial charge is 0.305 e. The van der Waals surface area contributed by atoms with Crippen LogP contribution in [-0.4, -0.2) is 57.0 Å². The van der Waals surface area contributed by atoms with Gasteiger partial charge in [0, 0.05) is 12.8 Å². The first kappa shape index (κ1) is 42.8. The SMILES string of the molecule is CCCCCCCCCCCCCC(=O)OCC(COC(=O)CCCCCCCCCCCCC)OCn1cnc2c(SC)nc(N)nc21. The molecule has 0 aromatic carbocycles. The van der Waals surface area contributed by atoms with Crippen molar-refractivity contribution in [3.05, 3.63) is 6.33 Å². The standard InChI is InChI=1S/C38H67N5O5S/c1-4-6-8-10-12-14-16-18-20-22-24-26-33(44)46-28-32(48-31-43-30-40-35-36(43)41-38(39)42-37(35)49-3)29-47-34(45)27-25-23-21-19-17-15-13-11-9-7-5-2/h30,32H,4-29,31H2,1-3H3,(H2,39,41,42). The Morgan fingerprint density at radius 1 is 0.694 bits per heavy atom. The molecule has 2 N–H and O–H groups in total. The second-order valence-corrected chi connectivity index (χ2v) is 14.1. The molecule has 49 heavy (non-hydrogen) atoms. The molecular weight excluding hydrogens is 639 g/mol. The Labute approximate surface area is 300 Å². The van der Waals surface area contributed by atoms with Gasteiger partial charge in [-0.3, -0.25) is 14.2 Å². The number of carbonyl (C=O) groups is 2. The van der Waals surface area contributed by atoms with Crippen molar-refractivity contribution in [2.75, 3.05) is 25.2 Å². The van der Waals surface area contributed by atoms with Crippen LogP contribution in [0.3, 0.4) is 0 Å². The molecule has 0 radical (unpaired) electrons. The van der Waals surface area contributed by atoms with Crippen molar-refractivity contribution >= 4 is 40.8 Å². The van der Waals surface area contributed by atoms with E-state index in [1.807, 2.05) is 6.26 Å². The van der Waals surface area contributed by atoms with Crippen LogP contribution >= 0.6 is 11.8 Å². The monoisotopic (exact) mass is 705 g/mol. The van der Waals surface area contributed by atoms with E-state index in [-0.39, 0.29) is 37.8 Å². The van der Waals surface area contributed by atoms with Gasteiger partial charge in [-0.05, 0) is 19.1 Å². The molecule has 2 aromatic rings. The van der Waals surface area contributed by atoms with Crippen LogP contribution in [-0.2, 0) is 30.5 Å². The van der Waals surface area contributed by atoms with E-state index in [2.05, 4.69) is 28.8 Å². The van der Waals surface area contributed by atoms with Crippen molar-refractivity contribution in [2.24, 2.45) is 0 Å². The third kappa shape index (κ3) is 20.1. The number of imidazole rings is 1. The third-order valence-corrected chi connectivity index (χ3v) is 9.59. The molecular formula is C38H67N5O5S. The van der Waals surface area contributed by atoms with Gasteiger partial charge in [-0.15, -0.1) is 11.8 Å². The maximum absolute atomic E-state index is 12.6. The zero-order valence-corrected chi connectivity index (χ0v) is 31.9. The minimum atomic E-state index is -0.626. The fraction of sp³-hybridized carbons (Fsp3) is 0.816. The summed E-state index contributed by atoms with van der Waals surface area (Å²) < 4.78 is 19.0. The number of nitrogen functional groups attached to an aromatic ring is 1. The molecule has 2 rings (SSSR count). The van der Waals surface area contributed by atoms with Crippen LogP contribution in [0.25, 0.3) is 11.2 Å². The number of carbonyl (C=O) groups excluding carboxylic acids is 2. The first-order chi connectivity index (χ1) is 24.0. The number of anilines is 1. The minimum Gasteiger partial charge on any atom is -0.463 e. The van der Waals surface area contributed by atoms with Crippen LogP contribution in [0.2, 0.25) is 0 Å². The molecule has 11 heteroatoms. The number of hydrogen-bond acceptors (Lipinski definition) is 10. The van der Waals surface area contributed by atoms with Crippen molar-refractivity contribution < 1.29 is 23.8 Å². The average molecular weight is 706 g/mol. The Balaban J connectivity index is 1.73. The Morgan fingerprint density at radius 2 is 1.12 bits per heavy atom. The first-order valence-electron chi connectivity index (χ1n) is 19.4. The number of rotatable bonds is 32. The van der Waals surface area contributed by atoms with Crippen molar-refractivity contribution in [3.8, 4) is 0 Å². The molecule has 0 saturated carbocycles. The number of fused-ring (bicyclic) bond motifs is 1. The summed E-state index contributed by atoms with van der Waals surface area (Å²) in [7, 11) is 0. The molecule has 0 bridgehead atoms. The molecule has 10 nitrogen and oxygen atoms in total. The fourth-order valence-electron chi connectivity index (χ4n) is 5.88. The Morgan fingerprint density at radius 3 is 1.55 bits per heavy atom. The topological polar surface area (TPSA) is 131 Å². The lowest BCUT2D eigenvalue weighted by Crippen LogP contribution is -2.29. The summed E-state index contributed by atoms with van der Waals surface area (Å²) in [5, 5.41) is 0.686. The number of aromatic nitrogens is 4. The summed E-state index contributed by atoms with van der Waals surface area (Å²) in [5.74, 6) is -0.354. The summed E-state index contributed by atoms with van der Waals surface area (Å²) in [4.78, 5) is 38.1. The lowest BCUT2D eigenvalue weighted by atomic mass is 10.1. The highest BCUT2D eigenvalue weighted by atomic mass is 32.2. The zero-order chi connectivity index (χ0) is 35.4. The molecule has 280 valence electrons. The molecule has 0 unspecified atom stereocenters. The Bertz CT molecular complexity index is 1110. The van der Waals surface area contributed by atoms with Crippen molar-refractivity contribution in [1.82, 2.24) is 19.5 Å². The van der Waals surface area contributed by atoms with Crippen LogP contribution < -0.4 is 5.73 Å². The summed E-state index contributed by atoms with van der Waals surface area (Å²) in [6, 6.07) is 0. The van der Waals surface area contributed by atoms with Gasteiger partial charge in [0.1, 0.15) is 36.6 Å². The molecule has 0 aliphatic rings. The predicted octanol–water partition coefficient (Wildman–Crippen LogP) is 9.96. The van der Waals surface area contributed by atoms with E-state index in [0.29, 0.717) is 29.0 Å². The molecule has 0 fully saturated rings. The number of thioether (sulfide) groups is 1. The van der Waals surface area contributed by atoms with Gasteiger partial charge >= 0.3 is 11.9 Å². The molecule has 0 aliphatic heterocycles. The van der Waals surface area contributed by atoms with Crippen LogP contribution in [0.15, 0.2) is 11.4 Å². The average Bonchev–Trinajstić information content (AvgIpc) is 3.51. The van der Waals surface area contributed by atoms with Crippen LogP contribution in [0.5, 0.6) is 0 Å². The molecule has 0 atom stereocenters.